The minimum atomic E-state index is -1.37. The van der Waals surface area contributed by atoms with Crippen molar-refractivity contribution >= 4 is 21.9 Å². The van der Waals surface area contributed by atoms with E-state index in [1.165, 1.54) is 0 Å². The maximum absolute atomic E-state index is 12.8. The van der Waals surface area contributed by atoms with Crippen LogP contribution in [0.25, 0.3) is 0 Å². The average Bonchev–Trinajstić information content (AvgIpc) is 2.10. The number of aromatic hydroxyl groups is 1. The molecular formula is C8H7BrFNO3. The molecule has 14 heavy (non-hydrogen) atoms. The number of phenolic OH excluding ortho intramolecular Hbond substituents is 1. The molecule has 0 aliphatic heterocycles. The first-order valence-electron chi connectivity index (χ1n) is 3.59. The van der Waals surface area contributed by atoms with Gasteiger partial charge in [0, 0.05) is 11.6 Å². The molecule has 0 aliphatic rings. The second-order valence-corrected chi connectivity index (χ2v) is 3.50. The first-order valence-corrected chi connectivity index (χ1v) is 4.39. The van der Waals surface area contributed by atoms with Gasteiger partial charge in [-0.1, -0.05) is 0 Å². The lowest BCUT2D eigenvalue weighted by molar-refractivity contribution is -0.138. The Hall–Kier alpha value is -1.14. The van der Waals surface area contributed by atoms with E-state index in [9.17, 15) is 14.3 Å². The van der Waals surface area contributed by atoms with Gasteiger partial charge in [-0.3, -0.25) is 4.79 Å². The fourth-order valence-corrected chi connectivity index (χ4v) is 1.29. The molecule has 0 fully saturated rings. The SMILES string of the molecule is NC(C(=O)O)c1cc(Br)c(F)cc1O. The molecule has 1 aromatic carbocycles. The Morgan fingerprint density at radius 1 is 1.57 bits per heavy atom. The Bertz CT molecular complexity index is 383. The number of hydrogen-bond acceptors (Lipinski definition) is 3. The van der Waals surface area contributed by atoms with E-state index in [1.807, 2.05) is 0 Å². The van der Waals surface area contributed by atoms with Gasteiger partial charge in [0.1, 0.15) is 17.6 Å². The van der Waals surface area contributed by atoms with Gasteiger partial charge in [0.2, 0.25) is 0 Å². The molecule has 6 heteroatoms. The van der Waals surface area contributed by atoms with Crippen molar-refractivity contribution in [1.82, 2.24) is 0 Å². The van der Waals surface area contributed by atoms with Crippen molar-refractivity contribution in [1.29, 1.82) is 0 Å². The molecule has 0 amide bonds. The van der Waals surface area contributed by atoms with Crippen molar-refractivity contribution in [3.63, 3.8) is 0 Å². The van der Waals surface area contributed by atoms with Gasteiger partial charge in [0.25, 0.3) is 0 Å². The van der Waals surface area contributed by atoms with Crippen molar-refractivity contribution < 1.29 is 19.4 Å². The number of carboxylic acids is 1. The highest BCUT2D eigenvalue weighted by atomic mass is 79.9. The van der Waals surface area contributed by atoms with Crippen LogP contribution in [-0.4, -0.2) is 16.2 Å². The maximum Gasteiger partial charge on any atom is 0.325 e. The Labute approximate surface area is 87.3 Å². The van der Waals surface area contributed by atoms with Crippen molar-refractivity contribution in [2.75, 3.05) is 0 Å². The highest BCUT2D eigenvalue weighted by molar-refractivity contribution is 9.10. The number of hydrogen-bond donors (Lipinski definition) is 3. The summed E-state index contributed by atoms with van der Waals surface area (Å²) in [6.45, 7) is 0. The van der Waals surface area contributed by atoms with Crippen LogP contribution in [0.5, 0.6) is 5.75 Å². The quantitative estimate of drug-likeness (QED) is 0.753. The lowest BCUT2D eigenvalue weighted by Gasteiger charge is -2.09. The van der Waals surface area contributed by atoms with Gasteiger partial charge in [0.15, 0.2) is 0 Å². The van der Waals surface area contributed by atoms with E-state index in [4.69, 9.17) is 10.8 Å². The third-order valence-corrected chi connectivity index (χ3v) is 2.28. The zero-order valence-electron chi connectivity index (χ0n) is 6.87. The summed E-state index contributed by atoms with van der Waals surface area (Å²) in [5.74, 6) is -2.44. The third kappa shape index (κ3) is 2.02. The molecule has 0 saturated carbocycles. The van der Waals surface area contributed by atoms with Crippen LogP contribution >= 0.6 is 15.9 Å². The van der Waals surface area contributed by atoms with Gasteiger partial charge in [0.05, 0.1) is 4.47 Å². The molecule has 0 saturated heterocycles. The maximum atomic E-state index is 12.8. The van der Waals surface area contributed by atoms with E-state index >= 15 is 0 Å². The number of benzene rings is 1. The molecule has 4 N–H and O–H groups in total. The summed E-state index contributed by atoms with van der Waals surface area (Å²) in [5, 5.41) is 17.8. The van der Waals surface area contributed by atoms with E-state index in [0.29, 0.717) is 0 Å². The Morgan fingerprint density at radius 3 is 2.64 bits per heavy atom. The predicted molar refractivity (Wildman–Crippen MR) is 50.3 cm³/mol. The topological polar surface area (TPSA) is 83.6 Å². The highest BCUT2D eigenvalue weighted by Gasteiger charge is 2.19. The van der Waals surface area contributed by atoms with Gasteiger partial charge >= 0.3 is 5.97 Å². The summed E-state index contributed by atoms with van der Waals surface area (Å²) in [5.41, 5.74) is 5.22. The second kappa shape index (κ2) is 3.93. The molecule has 0 aromatic heterocycles. The summed E-state index contributed by atoms with van der Waals surface area (Å²) in [6, 6.07) is 0.581. The minimum absolute atomic E-state index is 0.0363. The average molecular weight is 264 g/mol. The predicted octanol–water partition coefficient (Wildman–Crippen LogP) is 1.38. The number of carbonyl (C=O) groups is 1. The number of nitrogens with two attached hydrogens (primary N) is 1. The lowest BCUT2D eigenvalue weighted by Crippen LogP contribution is -2.20. The zero-order valence-corrected chi connectivity index (χ0v) is 8.45. The highest BCUT2D eigenvalue weighted by Crippen LogP contribution is 2.29. The molecule has 1 rings (SSSR count). The van der Waals surface area contributed by atoms with E-state index in [0.717, 1.165) is 12.1 Å². The molecule has 0 spiro atoms. The van der Waals surface area contributed by atoms with Crippen LogP contribution in [0.15, 0.2) is 16.6 Å². The fraction of sp³-hybridized carbons (Fsp3) is 0.125. The van der Waals surface area contributed by atoms with E-state index in [1.54, 1.807) is 0 Å². The molecule has 1 aromatic rings. The Kier molecular flexibility index (Phi) is 3.07. The van der Waals surface area contributed by atoms with Crippen LogP contribution in [0.3, 0.4) is 0 Å². The van der Waals surface area contributed by atoms with Crippen LogP contribution in [0, 0.1) is 5.82 Å². The van der Waals surface area contributed by atoms with Gasteiger partial charge in [-0.25, -0.2) is 4.39 Å². The van der Waals surface area contributed by atoms with Crippen LogP contribution in [-0.2, 0) is 4.79 Å². The molecule has 0 aliphatic carbocycles. The van der Waals surface area contributed by atoms with E-state index in [-0.39, 0.29) is 10.0 Å². The molecule has 4 nitrogen and oxygen atoms in total. The lowest BCUT2D eigenvalue weighted by atomic mass is 10.1. The number of halogens is 2. The van der Waals surface area contributed by atoms with Gasteiger partial charge < -0.3 is 15.9 Å². The summed E-state index contributed by atoms with van der Waals surface area (Å²) in [4.78, 5) is 10.5. The van der Waals surface area contributed by atoms with E-state index in [2.05, 4.69) is 15.9 Å². The molecule has 1 unspecified atom stereocenters. The molecule has 0 heterocycles. The standard InChI is InChI=1S/C8H7BrFNO3/c9-4-1-3(7(11)8(13)14)6(12)2-5(4)10/h1-2,7,12H,11H2,(H,13,14). The second-order valence-electron chi connectivity index (χ2n) is 2.64. The van der Waals surface area contributed by atoms with Gasteiger partial charge in [-0.15, -0.1) is 0 Å². The molecule has 1 atom stereocenters. The van der Waals surface area contributed by atoms with Crippen LogP contribution < -0.4 is 5.73 Å². The monoisotopic (exact) mass is 263 g/mol. The Balaban J connectivity index is 3.22. The number of phenols is 1. The number of aliphatic carboxylic acids is 1. The summed E-state index contributed by atoms with van der Waals surface area (Å²) >= 11 is 2.86. The van der Waals surface area contributed by atoms with Crippen LogP contribution in [0.2, 0.25) is 0 Å². The third-order valence-electron chi connectivity index (χ3n) is 1.67. The zero-order chi connectivity index (χ0) is 10.9. The smallest absolute Gasteiger partial charge is 0.325 e. The normalized spacial score (nSPS) is 12.5. The Morgan fingerprint density at radius 2 is 2.14 bits per heavy atom. The van der Waals surface area contributed by atoms with Crippen molar-refractivity contribution in [2.24, 2.45) is 5.73 Å². The van der Waals surface area contributed by atoms with Crippen molar-refractivity contribution in [2.45, 2.75) is 6.04 Å². The summed E-state index contributed by atoms with van der Waals surface area (Å²) in [7, 11) is 0. The number of rotatable bonds is 2. The summed E-state index contributed by atoms with van der Waals surface area (Å²) < 4.78 is 12.9. The molecule has 0 radical (unpaired) electrons. The van der Waals surface area contributed by atoms with Crippen molar-refractivity contribution in [3.05, 3.63) is 28.0 Å². The largest absolute Gasteiger partial charge is 0.507 e. The minimum Gasteiger partial charge on any atom is -0.507 e. The fourth-order valence-electron chi connectivity index (χ4n) is 0.934. The first-order chi connectivity index (χ1) is 6.43. The van der Waals surface area contributed by atoms with Crippen LogP contribution in [0.1, 0.15) is 11.6 Å². The molecule has 76 valence electrons. The molecule has 0 bridgehead atoms. The van der Waals surface area contributed by atoms with Crippen LogP contribution in [0.4, 0.5) is 4.39 Å². The number of carboxylic acid groups (broad SMARTS) is 1. The first kappa shape index (κ1) is 10.9. The molecular weight excluding hydrogens is 257 g/mol. The van der Waals surface area contributed by atoms with Gasteiger partial charge in [-0.05, 0) is 22.0 Å². The van der Waals surface area contributed by atoms with E-state index < -0.39 is 23.6 Å². The van der Waals surface area contributed by atoms with Gasteiger partial charge in [-0.2, -0.15) is 0 Å². The van der Waals surface area contributed by atoms with Crippen molar-refractivity contribution in [3.8, 4) is 5.75 Å². The summed E-state index contributed by atoms with van der Waals surface area (Å²) in [6.07, 6.45) is 0.